The van der Waals surface area contributed by atoms with E-state index >= 15 is 0 Å². The standard InChI is InChI=1S/C17H15N3O4/c1-11-10-12-4-2-3-5-15(12)19(11)17(22)16(21)18-13-6-8-14(9-7-13)20(23)24/h2-9,11H,10H2,1H3,(H,18,21). The van der Waals surface area contributed by atoms with Gasteiger partial charge in [-0.25, -0.2) is 0 Å². The van der Waals surface area contributed by atoms with Gasteiger partial charge in [0.2, 0.25) is 0 Å². The monoisotopic (exact) mass is 325 g/mol. The van der Waals surface area contributed by atoms with Crippen molar-refractivity contribution >= 4 is 28.9 Å². The predicted octanol–water partition coefficient (Wildman–Crippen LogP) is 2.51. The van der Waals surface area contributed by atoms with Crippen LogP contribution in [0.4, 0.5) is 17.1 Å². The fraction of sp³-hybridized carbons (Fsp3) is 0.176. The Hall–Kier alpha value is -3.22. The Morgan fingerprint density at radius 2 is 1.83 bits per heavy atom. The van der Waals surface area contributed by atoms with Crippen molar-refractivity contribution in [2.75, 3.05) is 10.2 Å². The number of carbonyl (C=O) groups is 2. The number of amides is 2. The third kappa shape index (κ3) is 2.83. The number of hydrogen-bond acceptors (Lipinski definition) is 4. The second-order valence-electron chi connectivity index (χ2n) is 5.62. The number of benzene rings is 2. The quantitative estimate of drug-likeness (QED) is 0.521. The number of non-ortho nitro benzene ring substituents is 1. The van der Waals surface area contributed by atoms with Crippen molar-refractivity contribution in [3.05, 3.63) is 64.2 Å². The predicted molar refractivity (Wildman–Crippen MR) is 88.8 cm³/mol. The summed E-state index contributed by atoms with van der Waals surface area (Å²) in [5.74, 6) is -1.42. The average molecular weight is 325 g/mol. The van der Waals surface area contributed by atoms with Crippen molar-refractivity contribution in [3.8, 4) is 0 Å². The fourth-order valence-electron chi connectivity index (χ4n) is 2.84. The van der Waals surface area contributed by atoms with Gasteiger partial charge in [0.25, 0.3) is 5.69 Å². The molecule has 0 spiro atoms. The Morgan fingerprint density at radius 1 is 1.17 bits per heavy atom. The van der Waals surface area contributed by atoms with E-state index in [-0.39, 0.29) is 11.7 Å². The molecule has 0 aliphatic carbocycles. The number of nitrogens with zero attached hydrogens (tertiary/aromatic N) is 2. The first kappa shape index (κ1) is 15.7. The van der Waals surface area contributed by atoms with Crippen molar-refractivity contribution in [2.45, 2.75) is 19.4 Å². The average Bonchev–Trinajstić information content (AvgIpc) is 2.90. The Kier molecular flexibility index (Phi) is 3.99. The smallest absolute Gasteiger partial charge is 0.316 e. The summed E-state index contributed by atoms with van der Waals surface area (Å²) in [6.07, 6.45) is 0.701. The maximum Gasteiger partial charge on any atom is 0.316 e. The first-order chi connectivity index (χ1) is 11.5. The third-order valence-electron chi connectivity index (χ3n) is 3.96. The lowest BCUT2D eigenvalue weighted by Gasteiger charge is -2.21. The van der Waals surface area contributed by atoms with Crippen molar-refractivity contribution in [3.63, 3.8) is 0 Å². The fourth-order valence-corrected chi connectivity index (χ4v) is 2.84. The van der Waals surface area contributed by atoms with Gasteiger partial charge in [-0.1, -0.05) is 18.2 Å². The molecule has 7 nitrogen and oxygen atoms in total. The molecule has 122 valence electrons. The van der Waals surface area contributed by atoms with Gasteiger partial charge in [0.15, 0.2) is 0 Å². The first-order valence-electron chi connectivity index (χ1n) is 7.44. The van der Waals surface area contributed by atoms with E-state index in [2.05, 4.69) is 5.32 Å². The molecule has 0 aromatic heterocycles. The molecule has 0 bridgehead atoms. The number of nitro benzene ring substituents is 1. The zero-order chi connectivity index (χ0) is 17.3. The van der Waals surface area contributed by atoms with E-state index in [9.17, 15) is 19.7 Å². The number of nitro groups is 1. The Labute approximate surface area is 138 Å². The summed E-state index contributed by atoms with van der Waals surface area (Å²) in [7, 11) is 0. The molecule has 1 aliphatic rings. The molecule has 1 aliphatic heterocycles. The highest BCUT2D eigenvalue weighted by atomic mass is 16.6. The molecular weight excluding hydrogens is 310 g/mol. The number of carbonyl (C=O) groups excluding carboxylic acids is 2. The summed E-state index contributed by atoms with van der Waals surface area (Å²) < 4.78 is 0. The summed E-state index contributed by atoms with van der Waals surface area (Å²) in [6.45, 7) is 1.89. The molecule has 0 saturated heterocycles. The zero-order valence-electron chi connectivity index (χ0n) is 12.9. The van der Waals surface area contributed by atoms with E-state index in [1.807, 2.05) is 31.2 Å². The van der Waals surface area contributed by atoms with Crippen LogP contribution in [-0.4, -0.2) is 22.8 Å². The second kappa shape index (κ2) is 6.11. The summed E-state index contributed by atoms with van der Waals surface area (Å²) in [6, 6.07) is 12.7. The van der Waals surface area contributed by atoms with Gasteiger partial charge in [-0.05, 0) is 37.1 Å². The normalized spacial score (nSPS) is 15.7. The lowest BCUT2D eigenvalue weighted by atomic mass is 10.1. The number of rotatable bonds is 2. The minimum absolute atomic E-state index is 0.0820. The van der Waals surface area contributed by atoms with Gasteiger partial charge in [0.05, 0.1) is 4.92 Å². The lowest BCUT2D eigenvalue weighted by Crippen LogP contribution is -2.43. The van der Waals surface area contributed by atoms with Crippen LogP contribution in [-0.2, 0) is 16.0 Å². The molecule has 0 fully saturated rings. The summed E-state index contributed by atoms with van der Waals surface area (Å²) >= 11 is 0. The topological polar surface area (TPSA) is 92.6 Å². The van der Waals surface area contributed by atoms with Gasteiger partial charge in [-0.2, -0.15) is 0 Å². The molecule has 2 aromatic carbocycles. The highest BCUT2D eigenvalue weighted by Crippen LogP contribution is 2.31. The maximum atomic E-state index is 12.5. The van der Waals surface area contributed by atoms with Crippen LogP contribution in [0.15, 0.2) is 48.5 Å². The molecule has 1 unspecified atom stereocenters. The maximum absolute atomic E-state index is 12.5. The van der Waals surface area contributed by atoms with Crippen LogP contribution < -0.4 is 10.2 Å². The first-order valence-corrected chi connectivity index (χ1v) is 7.44. The minimum Gasteiger partial charge on any atom is -0.318 e. The van der Waals surface area contributed by atoms with Crippen molar-refractivity contribution in [1.29, 1.82) is 0 Å². The van der Waals surface area contributed by atoms with E-state index < -0.39 is 16.7 Å². The SMILES string of the molecule is CC1Cc2ccccc2N1C(=O)C(=O)Nc1ccc([N+](=O)[O-])cc1. The summed E-state index contributed by atoms with van der Waals surface area (Å²) in [4.78, 5) is 36.3. The van der Waals surface area contributed by atoms with Crippen molar-refractivity contribution in [1.82, 2.24) is 0 Å². The third-order valence-corrected chi connectivity index (χ3v) is 3.96. The summed E-state index contributed by atoms with van der Waals surface area (Å²) in [5.41, 5.74) is 2.02. The molecule has 0 saturated carbocycles. The van der Waals surface area contributed by atoms with Crippen molar-refractivity contribution < 1.29 is 14.5 Å². The molecule has 3 rings (SSSR count). The minimum atomic E-state index is -0.771. The molecule has 1 N–H and O–H groups in total. The highest BCUT2D eigenvalue weighted by molar-refractivity contribution is 6.44. The van der Waals surface area contributed by atoms with Crippen molar-refractivity contribution in [2.24, 2.45) is 0 Å². The van der Waals surface area contributed by atoms with Crippen LogP contribution in [0.5, 0.6) is 0 Å². The highest BCUT2D eigenvalue weighted by Gasteiger charge is 2.34. The molecular formula is C17H15N3O4. The van der Waals surface area contributed by atoms with Gasteiger partial charge in [0, 0.05) is 29.5 Å². The van der Waals surface area contributed by atoms with Crippen LogP contribution in [0.2, 0.25) is 0 Å². The van der Waals surface area contributed by atoms with Crippen LogP contribution in [0, 0.1) is 10.1 Å². The molecule has 24 heavy (non-hydrogen) atoms. The van der Waals surface area contributed by atoms with E-state index in [0.29, 0.717) is 12.1 Å². The molecule has 1 atom stereocenters. The van der Waals surface area contributed by atoms with Crippen LogP contribution in [0.1, 0.15) is 12.5 Å². The number of nitrogens with one attached hydrogen (secondary N) is 1. The number of anilines is 2. The zero-order valence-corrected chi connectivity index (χ0v) is 12.9. The molecule has 1 heterocycles. The van der Waals surface area contributed by atoms with Gasteiger partial charge in [-0.3, -0.25) is 19.7 Å². The number of hydrogen-bond donors (Lipinski definition) is 1. The second-order valence-corrected chi connectivity index (χ2v) is 5.62. The number of fused-ring (bicyclic) bond motifs is 1. The lowest BCUT2D eigenvalue weighted by molar-refractivity contribution is -0.384. The van der Waals surface area contributed by atoms with Crippen LogP contribution in [0.25, 0.3) is 0 Å². The van der Waals surface area contributed by atoms with Gasteiger partial charge >= 0.3 is 11.8 Å². The molecule has 2 aromatic rings. The number of para-hydroxylation sites is 1. The van der Waals surface area contributed by atoms with E-state index in [1.54, 1.807) is 0 Å². The van der Waals surface area contributed by atoms with Crippen LogP contribution in [0.3, 0.4) is 0 Å². The van der Waals surface area contributed by atoms with E-state index in [4.69, 9.17) is 0 Å². The van der Waals surface area contributed by atoms with Gasteiger partial charge in [-0.15, -0.1) is 0 Å². The molecule has 0 radical (unpaired) electrons. The van der Waals surface area contributed by atoms with Gasteiger partial charge < -0.3 is 10.2 Å². The molecule has 2 amide bonds. The van der Waals surface area contributed by atoms with E-state index in [0.717, 1.165) is 11.3 Å². The largest absolute Gasteiger partial charge is 0.318 e. The Balaban J connectivity index is 1.75. The Morgan fingerprint density at radius 3 is 2.50 bits per heavy atom. The Bertz CT molecular complexity index is 817. The summed E-state index contributed by atoms with van der Waals surface area (Å²) in [5, 5.41) is 13.1. The molecule has 7 heteroatoms. The van der Waals surface area contributed by atoms with E-state index in [1.165, 1.54) is 29.2 Å². The van der Waals surface area contributed by atoms with Gasteiger partial charge in [0.1, 0.15) is 0 Å². The van der Waals surface area contributed by atoms with Crippen LogP contribution >= 0.6 is 0 Å².